The molecule has 0 N–H and O–H groups in total. The van der Waals surface area contributed by atoms with Crippen molar-refractivity contribution in [1.82, 2.24) is 5.01 Å². The predicted octanol–water partition coefficient (Wildman–Crippen LogP) is 5.95. The van der Waals surface area contributed by atoms with Gasteiger partial charge in [-0.1, -0.05) is 54.6 Å². The molecule has 188 valence electrons. The smallest absolute Gasteiger partial charge is 0.254 e. The zero-order valence-corrected chi connectivity index (χ0v) is 22.6. The summed E-state index contributed by atoms with van der Waals surface area (Å²) >= 11 is 2.23. The minimum Gasteiger partial charge on any atom is -0.490 e. The molecule has 7 heteroatoms. The third-order valence-corrected chi connectivity index (χ3v) is 8.44. The second kappa shape index (κ2) is 9.93. The van der Waals surface area contributed by atoms with Gasteiger partial charge in [0.05, 0.1) is 28.2 Å². The van der Waals surface area contributed by atoms with E-state index in [2.05, 4.69) is 64.1 Å². The highest BCUT2D eigenvalue weighted by Gasteiger charge is 2.56. The summed E-state index contributed by atoms with van der Waals surface area (Å²) in [5.41, 5.74) is 1.83. The van der Waals surface area contributed by atoms with E-state index in [1.54, 1.807) is 6.21 Å². The third-order valence-electron chi connectivity index (χ3n) is 7.64. The van der Waals surface area contributed by atoms with Crippen LogP contribution in [-0.4, -0.2) is 29.6 Å². The largest absolute Gasteiger partial charge is 0.490 e. The van der Waals surface area contributed by atoms with E-state index < -0.39 is 0 Å². The molecule has 2 bridgehead atoms. The van der Waals surface area contributed by atoms with Crippen molar-refractivity contribution in [2.24, 2.45) is 28.8 Å². The average molecular weight is 606 g/mol. The summed E-state index contributed by atoms with van der Waals surface area (Å²) in [5, 5.41) is 7.78. The Morgan fingerprint density at radius 3 is 2.38 bits per heavy atom. The number of carbonyl (C=O) groups excluding carboxylic acids is 2. The second-order valence-electron chi connectivity index (χ2n) is 9.76. The van der Waals surface area contributed by atoms with Crippen LogP contribution in [0.4, 0.5) is 0 Å². The Balaban J connectivity index is 1.24. The molecule has 4 atom stereocenters. The third kappa shape index (κ3) is 4.33. The summed E-state index contributed by atoms with van der Waals surface area (Å²) in [6.45, 7) is 2.80. The topological polar surface area (TPSA) is 68.2 Å². The first-order chi connectivity index (χ1) is 18.0. The first-order valence-electron chi connectivity index (χ1n) is 12.7. The van der Waals surface area contributed by atoms with E-state index >= 15 is 0 Å². The maximum absolute atomic E-state index is 13.1. The Morgan fingerprint density at radius 1 is 0.973 bits per heavy atom. The minimum absolute atomic E-state index is 0.148. The second-order valence-corrected chi connectivity index (χ2v) is 10.9. The molecule has 0 aromatic heterocycles. The first-order valence-corrected chi connectivity index (χ1v) is 13.8. The van der Waals surface area contributed by atoms with Crippen molar-refractivity contribution in [2.45, 2.75) is 26.4 Å². The Bertz CT molecular complexity index is 1410. The van der Waals surface area contributed by atoms with E-state index in [1.807, 2.05) is 37.3 Å². The Kier molecular flexibility index (Phi) is 6.48. The number of rotatable bonds is 7. The molecule has 1 aliphatic heterocycles. The molecule has 6 nitrogen and oxygen atoms in total. The monoisotopic (exact) mass is 606 g/mol. The minimum atomic E-state index is -0.266. The number of amides is 2. The molecule has 1 saturated carbocycles. The molecule has 37 heavy (non-hydrogen) atoms. The average Bonchev–Trinajstić information content (AvgIpc) is 3.19. The number of carbonyl (C=O) groups is 2. The highest BCUT2D eigenvalue weighted by molar-refractivity contribution is 14.1. The predicted molar refractivity (Wildman–Crippen MR) is 150 cm³/mol. The van der Waals surface area contributed by atoms with E-state index in [-0.39, 0.29) is 35.5 Å². The zero-order chi connectivity index (χ0) is 25.5. The molecule has 4 aliphatic rings. The number of benzene rings is 3. The lowest BCUT2D eigenvalue weighted by atomic mass is 9.63. The summed E-state index contributed by atoms with van der Waals surface area (Å²) in [5.74, 6) is 0.668. The van der Waals surface area contributed by atoms with Crippen LogP contribution in [0, 0.1) is 27.2 Å². The molecule has 0 spiro atoms. The fourth-order valence-electron chi connectivity index (χ4n) is 5.93. The highest BCUT2D eigenvalue weighted by Crippen LogP contribution is 2.49. The van der Waals surface area contributed by atoms with Crippen molar-refractivity contribution in [3.05, 3.63) is 81.4 Å². The van der Waals surface area contributed by atoms with Crippen LogP contribution in [0.3, 0.4) is 0 Å². The van der Waals surface area contributed by atoms with Crippen LogP contribution in [0.25, 0.3) is 10.8 Å². The molecule has 2 fully saturated rings. The summed E-state index contributed by atoms with van der Waals surface area (Å²) < 4.78 is 13.0. The first kappa shape index (κ1) is 24.2. The number of nitrogens with zero attached hydrogens (tertiary/aromatic N) is 2. The summed E-state index contributed by atoms with van der Waals surface area (Å²) in [6.07, 6.45) is 7.73. The van der Waals surface area contributed by atoms with Gasteiger partial charge < -0.3 is 9.47 Å². The number of hydrazone groups is 1. The van der Waals surface area contributed by atoms with E-state index in [9.17, 15) is 9.59 Å². The van der Waals surface area contributed by atoms with Crippen LogP contribution in [0.15, 0.2) is 71.9 Å². The van der Waals surface area contributed by atoms with E-state index in [1.165, 1.54) is 5.39 Å². The van der Waals surface area contributed by atoms with E-state index in [4.69, 9.17) is 9.47 Å². The van der Waals surface area contributed by atoms with Gasteiger partial charge in [-0.3, -0.25) is 9.59 Å². The van der Waals surface area contributed by atoms with Crippen LogP contribution in [0.1, 0.15) is 30.9 Å². The van der Waals surface area contributed by atoms with Gasteiger partial charge in [-0.25, -0.2) is 0 Å². The molecule has 0 radical (unpaired) electrons. The summed E-state index contributed by atoms with van der Waals surface area (Å²) in [4.78, 5) is 26.2. The van der Waals surface area contributed by atoms with Crippen LogP contribution in [-0.2, 0) is 16.2 Å². The van der Waals surface area contributed by atoms with Crippen molar-refractivity contribution in [2.75, 3.05) is 6.61 Å². The number of ether oxygens (including phenoxy) is 2. The molecular formula is C30H27IN2O4. The molecule has 2 amide bonds. The quantitative estimate of drug-likeness (QED) is 0.144. The number of hydrogen-bond donors (Lipinski definition) is 0. The van der Waals surface area contributed by atoms with Crippen LogP contribution in [0.5, 0.6) is 11.5 Å². The molecule has 7 rings (SSSR count). The van der Waals surface area contributed by atoms with Gasteiger partial charge in [-0.15, -0.1) is 0 Å². The van der Waals surface area contributed by atoms with Gasteiger partial charge in [-0.2, -0.15) is 10.1 Å². The van der Waals surface area contributed by atoms with Crippen molar-refractivity contribution in [3.8, 4) is 11.5 Å². The maximum Gasteiger partial charge on any atom is 0.254 e. The van der Waals surface area contributed by atoms with Gasteiger partial charge in [0, 0.05) is 0 Å². The summed E-state index contributed by atoms with van der Waals surface area (Å²) in [7, 11) is 0. The molecule has 0 unspecified atom stereocenters. The Morgan fingerprint density at radius 2 is 1.68 bits per heavy atom. The maximum atomic E-state index is 13.1. The Labute approximate surface area is 229 Å². The lowest BCUT2D eigenvalue weighted by Crippen LogP contribution is -2.38. The molecule has 1 heterocycles. The van der Waals surface area contributed by atoms with Gasteiger partial charge in [-0.05, 0) is 88.2 Å². The summed E-state index contributed by atoms with van der Waals surface area (Å²) in [6, 6.07) is 18.2. The van der Waals surface area contributed by atoms with E-state index in [0.29, 0.717) is 24.7 Å². The molecule has 1 saturated heterocycles. The fourth-order valence-corrected chi connectivity index (χ4v) is 6.71. The Hall–Kier alpha value is -3.20. The SMILES string of the molecule is CCOc1cc(/C=N\N2C(=O)[C@H]3[C@H](C2=O)[C@H]2C=C[C@H]3CC2)cc(I)c1OCc1cccc2ccccc12. The van der Waals surface area contributed by atoms with Gasteiger partial charge >= 0.3 is 0 Å². The van der Waals surface area contributed by atoms with Crippen LogP contribution < -0.4 is 9.47 Å². The normalized spacial score (nSPS) is 24.3. The van der Waals surface area contributed by atoms with Gasteiger partial charge in [0.1, 0.15) is 6.61 Å². The standard InChI is InChI=1S/C30H27IN2O4/c1-2-36-25-15-18(16-32-33-29(34)26-20-10-11-21(13-12-20)27(26)30(33)35)14-24(31)28(25)37-17-22-8-5-7-19-6-3-4-9-23(19)22/h3-11,14-16,20-21,26-27H,2,12-13,17H2,1H3/b32-16-/t20-,21-,26+,27+/m0/s1. The lowest BCUT2D eigenvalue weighted by Gasteiger charge is -2.37. The fraction of sp³-hybridized carbons (Fsp3) is 0.300. The van der Waals surface area contributed by atoms with Crippen molar-refractivity contribution < 1.29 is 19.1 Å². The van der Waals surface area contributed by atoms with Gasteiger partial charge in [0.25, 0.3) is 11.8 Å². The molecule has 3 aromatic rings. The lowest BCUT2D eigenvalue weighted by molar-refractivity contribution is -0.140. The van der Waals surface area contributed by atoms with Crippen molar-refractivity contribution in [1.29, 1.82) is 0 Å². The van der Waals surface area contributed by atoms with Crippen LogP contribution in [0.2, 0.25) is 0 Å². The number of allylic oxidation sites excluding steroid dienone is 2. The highest BCUT2D eigenvalue weighted by atomic mass is 127. The molecule has 3 aliphatic carbocycles. The molecule has 3 aromatic carbocycles. The zero-order valence-electron chi connectivity index (χ0n) is 20.5. The number of halogens is 1. The molecular weight excluding hydrogens is 579 g/mol. The van der Waals surface area contributed by atoms with E-state index in [0.717, 1.165) is 37.9 Å². The van der Waals surface area contributed by atoms with Crippen molar-refractivity contribution >= 4 is 51.4 Å². The van der Waals surface area contributed by atoms with Crippen LogP contribution >= 0.6 is 22.6 Å². The number of hydrogen-bond acceptors (Lipinski definition) is 5. The van der Waals surface area contributed by atoms with Gasteiger partial charge in [0.2, 0.25) is 0 Å². The van der Waals surface area contributed by atoms with Gasteiger partial charge in [0.15, 0.2) is 11.5 Å². The number of imide groups is 1. The number of fused-ring (bicyclic) bond motifs is 2. The van der Waals surface area contributed by atoms with Crippen molar-refractivity contribution in [3.63, 3.8) is 0 Å².